The molecule has 37 heavy (non-hydrogen) atoms. The molecule has 2 saturated heterocycles. The Bertz CT molecular complexity index is 1110. The van der Waals surface area contributed by atoms with Crippen LogP contribution in [0.25, 0.3) is 0 Å². The van der Waals surface area contributed by atoms with Gasteiger partial charge < -0.3 is 14.8 Å². The molecule has 0 spiro atoms. The summed E-state index contributed by atoms with van der Waals surface area (Å²) in [6.07, 6.45) is 0.741. The van der Waals surface area contributed by atoms with Crippen LogP contribution in [0, 0.1) is 11.2 Å². The molecule has 0 bridgehead atoms. The molecule has 0 aliphatic carbocycles. The number of benzene rings is 2. The zero-order chi connectivity index (χ0) is 26.6. The molecule has 0 saturated carbocycles. The third-order valence-corrected chi connectivity index (χ3v) is 7.03. The van der Waals surface area contributed by atoms with E-state index >= 15 is 0 Å². The minimum atomic E-state index is -0.656. The number of aldehydes is 1. The molecule has 2 aliphatic heterocycles. The first-order valence-corrected chi connectivity index (χ1v) is 12.8. The number of ether oxygens (including phenoxy) is 1. The summed E-state index contributed by atoms with van der Waals surface area (Å²) in [6, 6.07) is 13.9. The average Bonchev–Trinajstić information content (AvgIpc) is 3.48. The van der Waals surface area contributed by atoms with Crippen molar-refractivity contribution < 1.29 is 23.6 Å². The van der Waals surface area contributed by atoms with Crippen molar-refractivity contribution >= 4 is 29.7 Å². The van der Waals surface area contributed by atoms with Crippen LogP contribution in [-0.2, 0) is 20.8 Å². The molecule has 200 valence electrons. The van der Waals surface area contributed by atoms with Crippen LogP contribution in [0.5, 0.6) is 0 Å². The van der Waals surface area contributed by atoms with Gasteiger partial charge in [0.05, 0.1) is 18.5 Å². The first-order chi connectivity index (χ1) is 17.6. The van der Waals surface area contributed by atoms with Gasteiger partial charge in [-0.2, -0.15) is 0 Å². The standard InChI is InChI=1S/C27H34ClFN4O4/c1-26(2,3)36-25(35)31-23(11-14-34)32-13-12-27(17-32,16-19-7-4-5-10-22(19)28)24-30-18-33(37-24)21-9-6-8-20(29)15-21/h4-10,14-15,23-24,30H,11-13,16-18H2,1-3H3,(H,31,35)/t23?,24-,27?/m0/s1. The van der Waals surface area contributed by atoms with Crippen molar-refractivity contribution in [3.05, 3.63) is 64.9 Å². The maximum absolute atomic E-state index is 13.8. The highest BCUT2D eigenvalue weighted by Crippen LogP contribution is 2.42. The van der Waals surface area contributed by atoms with Crippen LogP contribution in [0.1, 0.15) is 39.2 Å². The normalized spacial score (nSPS) is 23.2. The third-order valence-electron chi connectivity index (χ3n) is 6.66. The number of hydrogen-bond donors (Lipinski definition) is 2. The first kappa shape index (κ1) is 27.3. The molecule has 3 atom stereocenters. The Morgan fingerprint density at radius 3 is 2.81 bits per heavy atom. The third kappa shape index (κ3) is 6.78. The molecule has 8 nitrogen and oxygen atoms in total. The van der Waals surface area contributed by atoms with Gasteiger partial charge in [0.15, 0.2) is 0 Å². The fourth-order valence-corrected chi connectivity index (χ4v) is 5.18. The summed E-state index contributed by atoms with van der Waals surface area (Å²) < 4.78 is 19.3. The second-order valence-corrected chi connectivity index (χ2v) is 11.0. The lowest BCUT2D eigenvalue weighted by atomic mass is 9.79. The number of nitrogens with zero attached hydrogens (tertiary/aromatic N) is 2. The van der Waals surface area contributed by atoms with Crippen LogP contribution >= 0.6 is 11.6 Å². The fourth-order valence-electron chi connectivity index (χ4n) is 4.98. The van der Waals surface area contributed by atoms with Crippen LogP contribution in [0.3, 0.4) is 0 Å². The monoisotopic (exact) mass is 532 g/mol. The van der Waals surface area contributed by atoms with Gasteiger partial charge in [-0.15, -0.1) is 0 Å². The number of rotatable bonds is 8. The molecule has 2 fully saturated rings. The Morgan fingerprint density at radius 2 is 2.11 bits per heavy atom. The molecule has 0 radical (unpaired) electrons. The molecule has 2 heterocycles. The van der Waals surface area contributed by atoms with E-state index in [0.29, 0.717) is 36.9 Å². The first-order valence-electron chi connectivity index (χ1n) is 12.4. The number of anilines is 1. The molecule has 2 N–H and O–H groups in total. The summed E-state index contributed by atoms with van der Waals surface area (Å²) in [4.78, 5) is 32.4. The summed E-state index contributed by atoms with van der Waals surface area (Å²) in [5, 5.41) is 8.60. The summed E-state index contributed by atoms with van der Waals surface area (Å²) in [5.74, 6) is -0.340. The highest BCUT2D eigenvalue weighted by atomic mass is 35.5. The van der Waals surface area contributed by atoms with Crippen molar-refractivity contribution in [1.29, 1.82) is 0 Å². The number of alkyl carbamates (subject to hydrolysis) is 1. The van der Waals surface area contributed by atoms with Gasteiger partial charge in [0.2, 0.25) is 0 Å². The van der Waals surface area contributed by atoms with Crippen molar-refractivity contribution in [3.8, 4) is 0 Å². The van der Waals surface area contributed by atoms with Crippen molar-refractivity contribution in [3.63, 3.8) is 0 Å². The lowest BCUT2D eigenvalue weighted by Crippen LogP contribution is -2.52. The van der Waals surface area contributed by atoms with E-state index in [-0.39, 0.29) is 12.2 Å². The van der Waals surface area contributed by atoms with Crippen LogP contribution in [0.15, 0.2) is 48.5 Å². The van der Waals surface area contributed by atoms with Crippen molar-refractivity contribution in [2.75, 3.05) is 24.8 Å². The maximum atomic E-state index is 13.8. The molecule has 10 heteroatoms. The maximum Gasteiger partial charge on any atom is 0.408 e. The minimum absolute atomic E-state index is 0.121. The van der Waals surface area contributed by atoms with E-state index in [1.54, 1.807) is 38.0 Å². The lowest BCUT2D eigenvalue weighted by molar-refractivity contribution is -0.109. The Kier molecular flexibility index (Phi) is 8.38. The number of carbonyl (C=O) groups excluding carboxylic acids is 2. The fraction of sp³-hybridized carbons (Fsp3) is 0.481. The zero-order valence-corrected chi connectivity index (χ0v) is 22.1. The SMILES string of the molecule is CC(C)(C)OC(=O)NC(CC=O)N1CCC(Cc2ccccc2Cl)([C@H]2NCN(c3cccc(F)c3)O2)C1. The number of nitrogens with one attached hydrogen (secondary N) is 2. The predicted molar refractivity (Wildman–Crippen MR) is 139 cm³/mol. The van der Waals surface area contributed by atoms with Crippen molar-refractivity contribution in [1.82, 2.24) is 15.5 Å². The summed E-state index contributed by atoms with van der Waals surface area (Å²) in [6.45, 7) is 6.91. The topological polar surface area (TPSA) is 83.1 Å². The lowest BCUT2D eigenvalue weighted by Gasteiger charge is -2.36. The van der Waals surface area contributed by atoms with Gasteiger partial charge in [0, 0.05) is 29.9 Å². The van der Waals surface area contributed by atoms with Gasteiger partial charge in [-0.05, 0) is 63.4 Å². The Labute approximate surface area is 222 Å². The van der Waals surface area contributed by atoms with E-state index in [4.69, 9.17) is 21.2 Å². The van der Waals surface area contributed by atoms with Crippen LogP contribution in [-0.4, -0.2) is 55.0 Å². The predicted octanol–water partition coefficient (Wildman–Crippen LogP) is 4.48. The summed E-state index contributed by atoms with van der Waals surface area (Å²) >= 11 is 6.55. The van der Waals surface area contributed by atoms with E-state index in [1.807, 2.05) is 24.3 Å². The number of amides is 1. The van der Waals surface area contributed by atoms with Crippen molar-refractivity contribution in [2.45, 2.75) is 58.0 Å². The molecule has 1 amide bonds. The van der Waals surface area contributed by atoms with E-state index in [2.05, 4.69) is 15.5 Å². The van der Waals surface area contributed by atoms with Gasteiger partial charge in [-0.25, -0.2) is 14.2 Å². The van der Waals surface area contributed by atoms with Crippen LogP contribution in [0.2, 0.25) is 5.02 Å². The second-order valence-electron chi connectivity index (χ2n) is 10.6. The number of halogens is 2. The van der Waals surface area contributed by atoms with Crippen LogP contribution < -0.4 is 15.7 Å². The molecule has 0 aromatic heterocycles. The number of hydroxylamine groups is 1. The largest absolute Gasteiger partial charge is 0.444 e. The highest BCUT2D eigenvalue weighted by Gasteiger charge is 2.50. The molecular weight excluding hydrogens is 499 g/mol. The van der Waals surface area contributed by atoms with Gasteiger partial charge in [0.1, 0.15) is 23.9 Å². The Morgan fingerprint density at radius 1 is 1.32 bits per heavy atom. The minimum Gasteiger partial charge on any atom is -0.444 e. The molecule has 2 aromatic rings. The molecule has 2 unspecified atom stereocenters. The van der Waals surface area contributed by atoms with E-state index in [0.717, 1.165) is 18.3 Å². The smallest absolute Gasteiger partial charge is 0.408 e. The van der Waals surface area contributed by atoms with E-state index in [9.17, 15) is 14.0 Å². The Hall–Kier alpha value is -2.72. The number of hydrogen-bond acceptors (Lipinski definition) is 7. The quantitative estimate of drug-likeness (QED) is 0.485. The molecule has 4 rings (SSSR count). The molecular formula is C27H34ClFN4O4. The summed E-state index contributed by atoms with van der Waals surface area (Å²) in [5.41, 5.74) is 0.497. The van der Waals surface area contributed by atoms with Gasteiger partial charge >= 0.3 is 6.09 Å². The van der Waals surface area contributed by atoms with E-state index < -0.39 is 29.5 Å². The zero-order valence-electron chi connectivity index (χ0n) is 21.4. The number of likely N-dealkylation sites (tertiary alicyclic amines) is 1. The Balaban J connectivity index is 1.57. The second kappa shape index (κ2) is 11.3. The van der Waals surface area contributed by atoms with Crippen molar-refractivity contribution in [2.24, 2.45) is 5.41 Å². The summed E-state index contributed by atoms with van der Waals surface area (Å²) in [7, 11) is 0. The van der Waals surface area contributed by atoms with Gasteiger partial charge in [-0.3, -0.25) is 15.1 Å². The van der Waals surface area contributed by atoms with Gasteiger partial charge in [0.25, 0.3) is 0 Å². The molecule has 2 aliphatic rings. The van der Waals surface area contributed by atoms with Crippen LogP contribution in [0.4, 0.5) is 14.9 Å². The average molecular weight is 533 g/mol. The van der Waals surface area contributed by atoms with Gasteiger partial charge in [-0.1, -0.05) is 35.9 Å². The van der Waals surface area contributed by atoms with E-state index in [1.165, 1.54) is 12.1 Å². The number of carbonyl (C=O) groups is 2. The highest BCUT2D eigenvalue weighted by molar-refractivity contribution is 6.31. The molecule has 2 aromatic carbocycles.